The number of anilines is 2. The zero-order chi connectivity index (χ0) is 28.4. The Morgan fingerprint density at radius 3 is 2.35 bits per heavy atom. The van der Waals surface area contributed by atoms with E-state index in [0.717, 1.165) is 25.0 Å². The Morgan fingerprint density at radius 1 is 1.05 bits per heavy atom. The van der Waals surface area contributed by atoms with Gasteiger partial charge in [-0.15, -0.1) is 0 Å². The van der Waals surface area contributed by atoms with Crippen LogP contribution in [0.4, 0.5) is 15.8 Å². The van der Waals surface area contributed by atoms with Gasteiger partial charge in [0.25, 0.3) is 15.9 Å². The molecule has 210 valence electrons. The van der Waals surface area contributed by atoms with Gasteiger partial charge < -0.3 is 5.32 Å². The standard InChI is InChI=1S/C27H24Cl2FN3O5S2/c28-17-13-19(15-31-14-17)32-26(34)21-7-8-22-23(24(21)29)27(9-11-39(35,36)12-10-27)25(16-1-2-16)33(22)40(37,38)20-5-3-18(30)4-6-20/h3-8,13-16,25H,1-2,9-12H2,(H,32,34). The number of benzene rings is 2. The van der Waals surface area contributed by atoms with Gasteiger partial charge in [-0.25, -0.2) is 21.2 Å². The average molecular weight is 625 g/mol. The summed E-state index contributed by atoms with van der Waals surface area (Å²) < 4.78 is 68.4. The second kappa shape index (κ2) is 9.68. The number of sulfone groups is 1. The second-order valence-electron chi connectivity index (χ2n) is 10.5. The van der Waals surface area contributed by atoms with Crippen LogP contribution in [-0.4, -0.2) is 45.3 Å². The van der Waals surface area contributed by atoms with E-state index < -0.39 is 43.0 Å². The fraction of sp³-hybridized carbons (Fsp3) is 0.333. The summed E-state index contributed by atoms with van der Waals surface area (Å²) in [6.07, 6.45) is 4.74. The number of hydrogen-bond donors (Lipinski definition) is 1. The molecule has 2 aliphatic heterocycles. The zero-order valence-electron chi connectivity index (χ0n) is 21.0. The summed E-state index contributed by atoms with van der Waals surface area (Å²) in [5.41, 5.74) is 0.322. The van der Waals surface area contributed by atoms with Gasteiger partial charge >= 0.3 is 0 Å². The van der Waals surface area contributed by atoms with Crippen molar-refractivity contribution in [1.82, 2.24) is 4.98 Å². The van der Waals surface area contributed by atoms with Gasteiger partial charge in [0.2, 0.25) is 0 Å². The van der Waals surface area contributed by atoms with Crippen molar-refractivity contribution < 1.29 is 26.0 Å². The molecule has 3 aromatic rings. The first-order valence-corrected chi connectivity index (χ1v) is 16.7. The van der Waals surface area contributed by atoms with Crippen LogP contribution in [0.15, 0.2) is 59.8 Å². The number of aromatic nitrogens is 1. The fourth-order valence-electron chi connectivity index (χ4n) is 6.10. The zero-order valence-corrected chi connectivity index (χ0v) is 24.1. The number of fused-ring (bicyclic) bond motifs is 2. The summed E-state index contributed by atoms with van der Waals surface area (Å²) in [6.45, 7) is 0. The first-order valence-electron chi connectivity index (χ1n) is 12.7. The minimum Gasteiger partial charge on any atom is -0.320 e. The van der Waals surface area contributed by atoms with E-state index in [-0.39, 0.29) is 45.7 Å². The van der Waals surface area contributed by atoms with Crippen LogP contribution in [0, 0.1) is 11.7 Å². The third kappa shape index (κ3) is 4.56. The number of carbonyl (C=O) groups excluding carboxylic acids is 1. The number of amides is 1. The highest BCUT2D eigenvalue weighted by Crippen LogP contribution is 2.61. The minimum atomic E-state index is -4.20. The van der Waals surface area contributed by atoms with Gasteiger partial charge in [-0.3, -0.25) is 14.1 Å². The van der Waals surface area contributed by atoms with Crippen molar-refractivity contribution in [3.8, 4) is 0 Å². The maximum absolute atomic E-state index is 14.2. The van der Waals surface area contributed by atoms with E-state index in [1.807, 2.05) is 0 Å². The molecule has 13 heteroatoms. The van der Waals surface area contributed by atoms with Gasteiger partial charge in [0.15, 0.2) is 0 Å². The molecule has 6 rings (SSSR count). The Hall–Kier alpha value is -2.73. The van der Waals surface area contributed by atoms with Gasteiger partial charge in [0.1, 0.15) is 15.7 Å². The molecule has 0 bridgehead atoms. The molecule has 1 N–H and O–H groups in total. The average Bonchev–Trinajstić information content (AvgIpc) is 3.69. The molecule has 1 saturated carbocycles. The second-order valence-corrected chi connectivity index (χ2v) is 15.4. The van der Waals surface area contributed by atoms with Crippen LogP contribution in [0.3, 0.4) is 0 Å². The molecule has 40 heavy (non-hydrogen) atoms. The Labute approximate surface area is 241 Å². The lowest BCUT2D eigenvalue weighted by atomic mass is 9.70. The lowest BCUT2D eigenvalue weighted by Gasteiger charge is -2.42. The molecule has 1 saturated heterocycles. The molecule has 0 radical (unpaired) electrons. The quantitative estimate of drug-likeness (QED) is 0.417. The first-order chi connectivity index (χ1) is 18.9. The molecular weight excluding hydrogens is 600 g/mol. The van der Waals surface area contributed by atoms with E-state index in [1.165, 1.54) is 41.0 Å². The van der Waals surface area contributed by atoms with E-state index >= 15 is 0 Å². The van der Waals surface area contributed by atoms with Crippen LogP contribution in [-0.2, 0) is 25.3 Å². The van der Waals surface area contributed by atoms with E-state index in [0.29, 0.717) is 22.0 Å². The molecule has 1 amide bonds. The van der Waals surface area contributed by atoms with Crippen LogP contribution in [0.25, 0.3) is 0 Å². The van der Waals surface area contributed by atoms with Crippen LogP contribution < -0.4 is 9.62 Å². The Balaban J connectivity index is 1.52. The highest BCUT2D eigenvalue weighted by Gasteiger charge is 2.61. The highest BCUT2D eigenvalue weighted by molar-refractivity contribution is 7.93. The lowest BCUT2D eigenvalue weighted by Crippen LogP contribution is -2.52. The molecule has 1 unspecified atom stereocenters. The number of nitrogens with zero attached hydrogens (tertiary/aromatic N) is 2. The van der Waals surface area contributed by atoms with Crippen molar-refractivity contribution in [3.05, 3.63) is 81.8 Å². The van der Waals surface area contributed by atoms with Gasteiger partial charge in [-0.2, -0.15) is 0 Å². The molecule has 2 fully saturated rings. The first kappa shape index (κ1) is 27.4. The Morgan fingerprint density at radius 2 is 1.73 bits per heavy atom. The molecule has 2 aromatic carbocycles. The number of carbonyl (C=O) groups is 1. The summed E-state index contributed by atoms with van der Waals surface area (Å²) in [4.78, 5) is 17.2. The summed E-state index contributed by atoms with van der Waals surface area (Å²) in [6, 6.07) is 8.56. The lowest BCUT2D eigenvalue weighted by molar-refractivity contribution is 0.102. The van der Waals surface area contributed by atoms with Crippen molar-refractivity contribution >= 4 is 60.3 Å². The van der Waals surface area contributed by atoms with Crippen molar-refractivity contribution in [2.45, 2.75) is 42.0 Å². The molecule has 1 spiro atoms. The molecule has 1 aromatic heterocycles. The number of sulfonamides is 1. The van der Waals surface area contributed by atoms with Crippen LogP contribution in [0.2, 0.25) is 10.0 Å². The summed E-state index contributed by atoms with van der Waals surface area (Å²) in [5.74, 6) is -1.38. The van der Waals surface area contributed by atoms with Crippen molar-refractivity contribution in [3.63, 3.8) is 0 Å². The fourth-order valence-corrected chi connectivity index (χ4v) is 10.1. The molecule has 1 atom stereocenters. The normalized spacial score (nSPS) is 21.3. The maximum Gasteiger partial charge on any atom is 0.264 e. The van der Waals surface area contributed by atoms with Crippen LogP contribution >= 0.6 is 23.2 Å². The van der Waals surface area contributed by atoms with Gasteiger partial charge in [0, 0.05) is 17.2 Å². The third-order valence-corrected chi connectivity index (χ3v) is 12.1. The van der Waals surface area contributed by atoms with Gasteiger partial charge in [-0.1, -0.05) is 23.2 Å². The highest BCUT2D eigenvalue weighted by atomic mass is 35.5. The summed E-state index contributed by atoms with van der Waals surface area (Å²) >= 11 is 13.0. The minimum absolute atomic E-state index is 0.0192. The molecule has 8 nitrogen and oxygen atoms in total. The Bertz CT molecular complexity index is 1730. The number of halogens is 3. The van der Waals surface area contributed by atoms with Crippen molar-refractivity contribution in [2.75, 3.05) is 21.1 Å². The number of rotatable bonds is 5. The predicted molar refractivity (Wildman–Crippen MR) is 151 cm³/mol. The van der Waals surface area contributed by atoms with Crippen LogP contribution in [0.5, 0.6) is 0 Å². The van der Waals surface area contributed by atoms with E-state index in [9.17, 15) is 26.0 Å². The van der Waals surface area contributed by atoms with Gasteiger partial charge in [-0.05, 0) is 74.1 Å². The van der Waals surface area contributed by atoms with E-state index in [4.69, 9.17) is 23.2 Å². The molecule has 1 aliphatic carbocycles. The Kier molecular flexibility index (Phi) is 6.64. The number of nitrogens with one attached hydrogen (secondary N) is 1. The largest absolute Gasteiger partial charge is 0.320 e. The molecule has 3 aliphatic rings. The van der Waals surface area contributed by atoms with Crippen LogP contribution in [0.1, 0.15) is 41.6 Å². The van der Waals surface area contributed by atoms with E-state index in [1.54, 1.807) is 6.07 Å². The molecular formula is C27H24Cl2FN3O5S2. The van der Waals surface area contributed by atoms with Gasteiger partial charge in [0.05, 0.1) is 55.6 Å². The van der Waals surface area contributed by atoms with Crippen molar-refractivity contribution in [2.24, 2.45) is 5.92 Å². The number of pyridine rings is 1. The van der Waals surface area contributed by atoms with E-state index in [2.05, 4.69) is 10.3 Å². The topological polar surface area (TPSA) is 114 Å². The number of hydrogen-bond acceptors (Lipinski definition) is 6. The summed E-state index contributed by atoms with van der Waals surface area (Å²) in [5, 5.41) is 3.12. The molecule has 3 heterocycles. The third-order valence-electron chi connectivity index (χ3n) is 8.04. The predicted octanol–water partition coefficient (Wildman–Crippen LogP) is 5.21. The van der Waals surface area contributed by atoms with Crippen molar-refractivity contribution in [1.29, 1.82) is 0 Å². The maximum atomic E-state index is 14.2. The smallest absolute Gasteiger partial charge is 0.264 e. The monoisotopic (exact) mass is 623 g/mol. The summed E-state index contributed by atoms with van der Waals surface area (Å²) in [7, 11) is -7.52. The SMILES string of the molecule is O=C(Nc1cncc(Cl)c1)c1ccc2c(c1Cl)C1(CCS(=O)(=O)CC1)C(C1CC1)N2S(=O)(=O)c1ccc(F)cc1.